The Balaban J connectivity index is 1.47. The number of nitrogens with zero attached hydrogens (tertiary/aromatic N) is 3. The van der Waals surface area contributed by atoms with Crippen LogP contribution in [0.1, 0.15) is 17.0 Å². The van der Waals surface area contributed by atoms with Gasteiger partial charge in [-0.3, -0.25) is 14.2 Å². The van der Waals surface area contributed by atoms with Crippen LogP contribution in [0.15, 0.2) is 78.0 Å². The Morgan fingerprint density at radius 3 is 2.50 bits per heavy atom. The fourth-order valence-electron chi connectivity index (χ4n) is 3.65. The van der Waals surface area contributed by atoms with Crippen molar-refractivity contribution in [3.8, 4) is 17.2 Å². The maximum absolute atomic E-state index is 12.7. The van der Waals surface area contributed by atoms with E-state index in [1.54, 1.807) is 23.8 Å². The third-order valence-corrected chi connectivity index (χ3v) is 6.51. The van der Waals surface area contributed by atoms with Crippen molar-refractivity contribution in [2.45, 2.75) is 25.5 Å². The Morgan fingerprint density at radius 2 is 1.71 bits per heavy atom. The third kappa shape index (κ3) is 6.92. The smallest absolute Gasteiger partial charge is 0.258 e. The average molecular weight is 532 g/mol. The van der Waals surface area contributed by atoms with Gasteiger partial charge >= 0.3 is 0 Å². The van der Waals surface area contributed by atoms with E-state index in [2.05, 4.69) is 20.8 Å². The van der Waals surface area contributed by atoms with Gasteiger partial charge in [-0.25, -0.2) is 0 Å². The van der Waals surface area contributed by atoms with Crippen LogP contribution in [-0.2, 0) is 16.1 Å². The molecule has 4 aromatic rings. The van der Waals surface area contributed by atoms with E-state index in [-0.39, 0.29) is 30.7 Å². The number of aryl methyl sites for hydroxylation is 2. The van der Waals surface area contributed by atoms with Crippen LogP contribution in [0.4, 0.5) is 5.69 Å². The number of hydrogen-bond acceptors (Lipinski definition) is 7. The number of carbonyl (C=O) groups excluding carboxylic acids is 2. The van der Waals surface area contributed by atoms with Crippen LogP contribution in [0, 0.1) is 13.8 Å². The molecule has 38 heavy (non-hydrogen) atoms. The van der Waals surface area contributed by atoms with Crippen molar-refractivity contribution in [1.82, 2.24) is 20.1 Å². The van der Waals surface area contributed by atoms with E-state index in [0.29, 0.717) is 28.2 Å². The molecule has 0 atom stereocenters. The summed E-state index contributed by atoms with van der Waals surface area (Å²) in [7, 11) is 1.58. The highest BCUT2D eigenvalue weighted by Crippen LogP contribution is 2.29. The molecular formula is C28H29N5O4S. The van der Waals surface area contributed by atoms with Crippen molar-refractivity contribution in [3.63, 3.8) is 0 Å². The molecule has 196 valence electrons. The standard InChI is InChI=1S/C28H29N5O4S/c1-19-13-14-20(2)22(15-19)30-27(35)18-38-28-32-31-25(33(28)23-11-7-8-12-24(23)36-3)16-29-26(34)17-37-21-9-5-4-6-10-21/h4-15H,16-18H2,1-3H3,(H,29,34)(H,30,35). The molecule has 1 heterocycles. The maximum Gasteiger partial charge on any atom is 0.258 e. The molecule has 0 aliphatic heterocycles. The van der Waals surface area contributed by atoms with Crippen LogP contribution < -0.4 is 20.1 Å². The van der Waals surface area contributed by atoms with E-state index in [1.807, 2.05) is 74.5 Å². The minimum atomic E-state index is -0.300. The highest BCUT2D eigenvalue weighted by Gasteiger charge is 2.19. The van der Waals surface area contributed by atoms with Gasteiger partial charge < -0.3 is 20.1 Å². The fourth-order valence-corrected chi connectivity index (χ4v) is 4.41. The number of benzene rings is 3. The lowest BCUT2D eigenvalue weighted by Crippen LogP contribution is -2.29. The first-order valence-corrected chi connectivity index (χ1v) is 13.0. The number of ether oxygens (including phenoxy) is 2. The Kier molecular flexibility index (Phi) is 8.99. The van der Waals surface area contributed by atoms with Gasteiger partial charge in [-0.2, -0.15) is 0 Å². The molecule has 2 amide bonds. The first-order valence-electron chi connectivity index (χ1n) is 12.0. The number of hydrogen-bond donors (Lipinski definition) is 2. The molecule has 2 N–H and O–H groups in total. The van der Waals surface area contributed by atoms with Crippen molar-refractivity contribution in [2.24, 2.45) is 0 Å². The minimum absolute atomic E-state index is 0.108. The predicted octanol–water partition coefficient (Wildman–Crippen LogP) is 4.32. The van der Waals surface area contributed by atoms with E-state index in [4.69, 9.17) is 9.47 Å². The summed E-state index contributed by atoms with van der Waals surface area (Å²) in [6.45, 7) is 3.91. The second-order valence-electron chi connectivity index (χ2n) is 8.44. The minimum Gasteiger partial charge on any atom is -0.495 e. The van der Waals surface area contributed by atoms with Crippen LogP contribution >= 0.6 is 11.8 Å². The summed E-state index contributed by atoms with van der Waals surface area (Å²) in [6.07, 6.45) is 0. The summed E-state index contributed by atoms with van der Waals surface area (Å²) < 4.78 is 12.9. The zero-order chi connectivity index (χ0) is 26.9. The van der Waals surface area contributed by atoms with Gasteiger partial charge in [0.2, 0.25) is 5.91 Å². The molecule has 0 aliphatic rings. The van der Waals surface area contributed by atoms with Gasteiger partial charge in [0.25, 0.3) is 5.91 Å². The first-order chi connectivity index (χ1) is 18.4. The molecule has 0 radical (unpaired) electrons. The van der Waals surface area contributed by atoms with Gasteiger partial charge in [0.15, 0.2) is 17.6 Å². The summed E-state index contributed by atoms with van der Waals surface area (Å²) >= 11 is 1.25. The molecule has 3 aromatic carbocycles. The van der Waals surface area contributed by atoms with Crippen molar-refractivity contribution in [3.05, 3.63) is 89.7 Å². The molecule has 9 nitrogen and oxygen atoms in total. The zero-order valence-electron chi connectivity index (χ0n) is 21.4. The van der Waals surface area contributed by atoms with Crippen LogP contribution in [-0.4, -0.2) is 46.0 Å². The first kappa shape index (κ1) is 26.7. The third-order valence-electron chi connectivity index (χ3n) is 5.58. The molecule has 0 aliphatic carbocycles. The normalized spacial score (nSPS) is 10.6. The monoisotopic (exact) mass is 531 g/mol. The summed E-state index contributed by atoms with van der Waals surface area (Å²) in [5.74, 6) is 1.36. The Morgan fingerprint density at radius 1 is 0.947 bits per heavy atom. The van der Waals surface area contributed by atoms with E-state index in [0.717, 1.165) is 16.8 Å². The van der Waals surface area contributed by atoms with Crippen molar-refractivity contribution >= 4 is 29.3 Å². The van der Waals surface area contributed by atoms with Crippen molar-refractivity contribution in [2.75, 3.05) is 24.8 Å². The second-order valence-corrected chi connectivity index (χ2v) is 9.38. The number of anilines is 1. The van der Waals surface area contributed by atoms with Crippen LogP contribution in [0.3, 0.4) is 0 Å². The number of para-hydroxylation sites is 3. The average Bonchev–Trinajstić information content (AvgIpc) is 3.34. The summed E-state index contributed by atoms with van der Waals surface area (Å²) in [6, 6.07) is 22.5. The van der Waals surface area contributed by atoms with Crippen LogP contribution in [0.25, 0.3) is 5.69 Å². The van der Waals surface area contributed by atoms with Gasteiger partial charge in [-0.15, -0.1) is 10.2 Å². The second kappa shape index (κ2) is 12.8. The van der Waals surface area contributed by atoms with Crippen molar-refractivity contribution in [1.29, 1.82) is 0 Å². The summed E-state index contributed by atoms with van der Waals surface area (Å²) in [4.78, 5) is 25.2. The quantitative estimate of drug-likeness (QED) is 0.278. The highest BCUT2D eigenvalue weighted by atomic mass is 32.2. The molecule has 0 bridgehead atoms. The van der Waals surface area contributed by atoms with E-state index < -0.39 is 0 Å². The molecule has 0 fully saturated rings. The Hall–Kier alpha value is -4.31. The molecular weight excluding hydrogens is 502 g/mol. The molecule has 0 saturated carbocycles. The number of rotatable bonds is 11. The van der Waals surface area contributed by atoms with E-state index >= 15 is 0 Å². The number of aromatic nitrogens is 3. The molecule has 10 heteroatoms. The molecule has 0 saturated heterocycles. The van der Waals surface area contributed by atoms with Crippen LogP contribution in [0.2, 0.25) is 0 Å². The number of carbonyl (C=O) groups is 2. The largest absolute Gasteiger partial charge is 0.495 e. The highest BCUT2D eigenvalue weighted by molar-refractivity contribution is 7.99. The Bertz CT molecular complexity index is 1410. The molecule has 4 rings (SSSR count). The van der Waals surface area contributed by atoms with Gasteiger partial charge in [0, 0.05) is 5.69 Å². The fraction of sp³-hybridized carbons (Fsp3) is 0.214. The Labute approximate surface area is 225 Å². The van der Waals surface area contributed by atoms with Gasteiger partial charge in [-0.1, -0.05) is 54.2 Å². The lowest BCUT2D eigenvalue weighted by Gasteiger charge is -2.14. The molecule has 0 spiro atoms. The van der Waals surface area contributed by atoms with Gasteiger partial charge in [0.05, 0.1) is 25.1 Å². The molecule has 1 aromatic heterocycles. The summed E-state index contributed by atoms with van der Waals surface area (Å²) in [5.41, 5.74) is 3.53. The zero-order valence-corrected chi connectivity index (χ0v) is 22.2. The van der Waals surface area contributed by atoms with Gasteiger partial charge in [-0.05, 0) is 55.3 Å². The maximum atomic E-state index is 12.7. The number of nitrogens with one attached hydrogen (secondary N) is 2. The SMILES string of the molecule is COc1ccccc1-n1c(CNC(=O)COc2ccccc2)nnc1SCC(=O)Nc1cc(C)ccc1C. The van der Waals surface area contributed by atoms with Crippen molar-refractivity contribution < 1.29 is 19.1 Å². The summed E-state index contributed by atoms with van der Waals surface area (Å²) in [5, 5.41) is 14.9. The van der Waals surface area contributed by atoms with Gasteiger partial charge in [0.1, 0.15) is 11.5 Å². The lowest BCUT2D eigenvalue weighted by atomic mass is 10.1. The number of amides is 2. The van der Waals surface area contributed by atoms with E-state index in [1.165, 1.54) is 11.8 Å². The number of thioether (sulfide) groups is 1. The topological polar surface area (TPSA) is 107 Å². The van der Waals surface area contributed by atoms with E-state index in [9.17, 15) is 9.59 Å². The lowest BCUT2D eigenvalue weighted by molar-refractivity contribution is -0.123. The number of methoxy groups -OCH3 is 1. The van der Waals surface area contributed by atoms with Crippen LogP contribution in [0.5, 0.6) is 11.5 Å². The molecule has 0 unspecified atom stereocenters. The predicted molar refractivity (Wildman–Crippen MR) is 147 cm³/mol.